The molecule has 6 nitrogen and oxygen atoms in total. The number of hydrogen-bond acceptors (Lipinski definition) is 2. The van der Waals surface area contributed by atoms with Gasteiger partial charge in [-0.25, -0.2) is 19.6 Å². The van der Waals surface area contributed by atoms with Crippen molar-refractivity contribution in [3.05, 3.63) is 12.2 Å². The number of nitrogens with zero attached hydrogens (tertiary/aromatic N) is 2. The second kappa shape index (κ2) is 2.75. The van der Waals surface area contributed by atoms with Crippen molar-refractivity contribution in [2.24, 2.45) is 5.41 Å². The number of fused-ring (bicyclic) bond motifs is 2. The molecule has 94 valence electrons. The highest BCUT2D eigenvalue weighted by atomic mass is 16.4. The summed E-state index contributed by atoms with van der Waals surface area (Å²) in [5.74, 6) is 0. The van der Waals surface area contributed by atoms with Gasteiger partial charge >= 0.3 is 12.2 Å². The van der Waals surface area contributed by atoms with Gasteiger partial charge in [-0.1, -0.05) is 26.0 Å². The smallest absolute Gasteiger partial charge is 0.427 e. The van der Waals surface area contributed by atoms with E-state index in [-0.39, 0.29) is 0 Å². The maximum absolute atomic E-state index is 11.3. The second-order valence-electron chi connectivity index (χ2n) is 5.44. The zero-order chi connectivity index (χ0) is 13.2. The van der Waals surface area contributed by atoms with Crippen LogP contribution in [-0.4, -0.2) is 43.5 Å². The van der Waals surface area contributed by atoms with Gasteiger partial charge in [-0.15, -0.1) is 0 Å². The first-order chi connectivity index (χ1) is 7.59. The third-order valence-corrected chi connectivity index (χ3v) is 4.71. The Morgan fingerprint density at radius 3 is 1.41 bits per heavy atom. The quantitative estimate of drug-likeness (QED) is 0.634. The Hall–Kier alpha value is -1.72. The van der Waals surface area contributed by atoms with E-state index in [4.69, 9.17) is 0 Å². The summed E-state index contributed by atoms with van der Waals surface area (Å²) in [6.45, 7) is 7.25. The van der Waals surface area contributed by atoms with Gasteiger partial charge in [-0.2, -0.15) is 0 Å². The lowest BCUT2D eigenvalue weighted by molar-refractivity contribution is -0.0300. The summed E-state index contributed by atoms with van der Waals surface area (Å²) in [4.78, 5) is 22.7. The van der Waals surface area contributed by atoms with Crippen molar-refractivity contribution in [1.29, 1.82) is 0 Å². The molecule has 2 N–H and O–H groups in total. The third kappa shape index (κ3) is 0.963. The van der Waals surface area contributed by atoms with E-state index in [9.17, 15) is 19.8 Å². The predicted molar refractivity (Wildman–Crippen MR) is 59.5 cm³/mol. The summed E-state index contributed by atoms with van der Waals surface area (Å²) in [7, 11) is 0. The van der Waals surface area contributed by atoms with Crippen LogP contribution >= 0.6 is 0 Å². The van der Waals surface area contributed by atoms with Crippen LogP contribution in [0.3, 0.4) is 0 Å². The zero-order valence-electron chi connectivity index (χ0n) is 10.3. The van der Waals surface area contributed by atoms with E-state index in [2.05, 4.69) is 0 Å². The molecule has 1 aliphatic heterocycles. The number of amides is 2. The molecule has 2 atom stereocenters. The largest absolute Gasteiger partial charge is 0.464 e. The van der Waals surface area contributed by atoms with Gasteiger partial charge < -0.3 is 10.2 Å². The van der Waals surface area contributed by atoms with Crippen molar-refractivity contribution in [1.82, 2.24) is 10.0 Å². The number of carboxylic acid groups (broad SMARTS) is 2. The molecule has 2 bridgehead atoms. The molecule has 0 aromatic heterocycles. The molecule has 0 radical (unpaired) electrons. The topological polar surface area (TPSA) is 81.1 Å². The number of carbonyl (C=O) groups is 2. The molecule has 1 saturated heterocycles. The number of hydrazine groups is 1. The number of hydrogen-bond donors (Lipinski definition) is 2. The Kier molecular flexibility index (Phi) is 1.90. The summed E-state index contributed by atoms with van der Waals surface area (Å²) in [5, 5.41) is 20.3. The van der Waals surface area contributed by atoms with Gasteiger partial charge in [0.05, 0.1) is 11.1 Å². The molecule has 0 saturated carbocycles. The lowest BCUT2D eigenvalue weighted by Gasteiger charge is -2.38. The van der Waals surface area contributed by atoms with Crippen molar-refractivity contribution >= 4 is 12.2 Å². The average Bonchev–Trinajstić information content (AvgIpc) is 2.43. The van der Waals surface area contributed by atoms with Gasteiger partial charge in [-0.05, 0) is 13.8 Å². The summed E-state index contributed by atoms with van der Waals surface area (Å²) in [6, 6.07) is 0. The summed E-state index contributed by atoms with van der Waals surface area (Å²) < 4.78 is 0. The van der Waals surface area contributed by atoms with E-state index in [1.807, 2.05) is 13.8 Å². The Morgan fingerprint density at radius 2 is 1.18 bits per heavy atom. The Balaban J connectivity index is 2.68. The summed E-state index contributed by atoms with van der Waals surface area (Å²) in [5.41, 5.74) is -2.20. The fraction of sp³-hybridized carbons (Fsp3) is 0.636. The van der Waals surface area contributed by atoms with Gasteiger partial charge in [0, 0.05) is 5.41 Å². The van der Waals surface area contributed by atoms with Crippen LogP contribution in [0.5, 0.6) is 0 Å². The van der Waals surface area contributed by atoms with E-state index in [0.717, 1.165) is 10.0 Å². The predicted octanol–water partition coefficient (Wildman–Crippen LogP) is 1.99. The van der Waals surface area contributed by atoms with Gasteiger partial charge in [0.25, 0.3) is 0 Å². The van der Waals surface area contributed by atoms with Gasteiger partial charge in [0.2, 0.25) is 0 Å². The average molecular weight is 240 g/mol. The standard InChI is InChI=1S/C11H16N2O4/c1-9(2)10(3)5-6-11(9,4)13(8(16)17)12(10)7(14)15/h5-6H,1-4H3,(H,14,15)(H,16,17). The fourth-order valence-corrected chi connectivity index (χ4v) is 2.91. The van der Waals surface area contributed by atoms with Gasteiger partial charge in [0.1, 0.15) is 0 Å². The molecular weight excluding hydrogens is 224 g/mol. The fourth-order valence-electron chi connectivity index (χ4n) is 2.91. The Bertz CT molecular complexity index is 407. The third-order valence-electron chi connectivity index (χ3n) is 4.71. The van der Waals surface area contributed by atoms with E-state index >= 15 is 0 Å². The van der Waals surface area contributed by atoms with E-state index in [0.29, 0.717) is 0 Å². The second-order valence-corrected chi connectivity index (χ2v) is 5.44. The first-order valence-electron chi connectivity index (χ1n) is 5.36. The SMILES string of the molecule is CC12C=CC(C)(N(C(=O)O)N1C(=O)O)C2(C)C. The van der Waals surface area contributed by atoms with Crippen molar-refractivity contribution in [2.75, 3.05) is 0 Å². The molecule has 6 heteroatoms. The van der Waals surface area contributed by atoms with E-state index in [1.165, 1.54) is 0 Å². The monoisotopic (exact) mass is 240 g/mol. The van der Waals surface area contributed by atoms with Crippen LogP contribution in [0, 0.1) is 5.41 Å². The van der Waals surface area contributed by atoms with Crippen LogP contribution in [0.25, 0.3) is 0 Å². The molecule has 1 aliphatic carbocycles. The van der Waals surface area contributed by atoms with Crippen LogP contribution in [0.2, 0.25) is 0 Å². The molecule has 2 unspecified atom stereocenters. The maximum Gasteiger partial charge on any atom is 0.427 e. The Morgan fingerprint density at radius 1 is 0.882 bits per heavy atom. The highest BCUT2D eigenvalue weighted by Crippen LogP contribution is 2.60. The van der Waals surface area contributed by atoms with Crippen molar-refractivity contribution in [3.63, 3.8) is 0 Å². The molecule has 2 rings (SSSR count). The minimum Gasteiger partial charge on any atom is -0.464 e. The molecule has 0 aromatic carbocycles. The van der Waals surface area contributed by atoms with Crippen molar-refractivity contribution < 1.29 is 19.8 Å². The summed E-state index contributed by atoms with van der Waals surface area (Å²) >= 11 is 0. The normalized spacial score (nSPS) is 37.6. The number of rotatable bonds is 0. The van der Waals surface area contributed by atoms with Gasteiger partial charge in [0.15, 0.2) is 0 Å². The molecular formula is C11H16N2O4. The van der Waals surface area contributed by atoms with Crippen molar-refractivity contribution in [3.8, 4) is 0 Å². The van der Waals surface area contributed by atoms with Crippen LogP contribution < -0.4 is 0 Å². The minimum atomic E-state index is -1.25. The first kappa shape index (κ1) is 11.8. The molecule has 0 aromatic rings. The van der Waals surface area contributed by atoms with Gasteiger partial charge in [-0.3, -0.25) is 0 Å². The molecule has 0 spiro atoms. The molecule has 2 aliphatic rings. The molecule has 2 amide bonds. The Labute approximate surface area is 99.1 Å². The zero-order valence-corrected chi connectivity index (χ0v) is 10.3. The van der Waals surface area contributed by atoms with E-state index < -0.39 is 28.7 Å². The highest BCUT2D eigenvalue weighted by Gasteiger charge is 2.71. The van der Waals surface area contributed by atoms with Crippen LogP contribution in [0.1, 0.15) is 27.7 Å². The maximum atomic E-state index is 11.3. The highest BCUT2D eigenvalue weighted by molar-refractivity contribution is 5.77. The first-order valence-corrected chi connectivity index (χ1v) is 5.36. The van der Waals surface area contributed by atoms with Crippen LogP contribution in [0.4, 0.5) is 9.59 Å². The summed E-state index contributed by atoms with van der Waals surface area (Å²) in [6.07, 6.45) is 1.05. The molecule has 1 heterocycles. The minimum absolute atomic E-state index is 0.517. The van der Waals surface area contributed by atoms with Crippen LogP contribution in [0.15, 0.2) is 12.2 Å². The van der Waals surface area contributed by atoms with Crippen molar-refractivity contribution in [2.45, 2.75) is 38.8 Å². The lowest BCUT2D eigenvalue weighted by atomic mass is 9.68. The molecule has 17 heavy (non-hydrogen) atoms. The lowest BCUT2D eigenvalue weighted by Crippen LogP contribution is -2.57. The molecule has 1 fully saturated rings. The van der Waals surface area contributed by atoms with Crippen LogP contribution in [-0.2, 0) is 0 Å². The van der Waals surface area contributed by atoms with E-state index in [1.54, 1.807) is 26.0 Å².